The number of aromatic nitrogens is 2. The maximum Gasteiger partial charge on any atom is 0.329 e. The fourth-order valence-corrected chi connectivity index (χ4v) is 2.68. The van der Waals surface area contributed by atoms with Crippen molar-refractivity contribution in [1.82, 2.24) is 14.9 Å². The summed E-state index contributed by atoms with van der Waals surface area (Å²) in [5.74, 6) is -1.62. The molecule has 0 aliphatic rings. The molecule has 8 nitrogen and oxygen atoms in total. The third-order valence-corrected chi connectivity index (χ3v) is 4.07. The predicted octanol–water partition coefficient (Wildman–Crippen LogP) is -1.32. The van der Waals surface area contributed by atoms with Gasteiger partial charge in [-0.1, -0.05) is 12.1 Å². The number of nitrogens with one attached hydrogen (secondary N) is 2. The van der Waals surface area contributed by atoms with Crippen LogP contribution in [0.25, 0.3) is 10.9 Å². The van der Waals surface area contributed by atoms with Gasteiger partial charge in [0.05, 0.1) is 22.9 Å². The van der Waals surface area contributed by atoms with Crippen molar-refractivity contribution in [1.29, 1.82) is 0 Å². The highest BCUT2D eigenvalue weighted by atomic mass is 32.2. The van der Waals surface area contributed by atoms with Gasteiger partial charge in [-0.05, 0) is 30.6 Å². The molecule has 2 rings (SSSR count). The molecule has 0 radical (unpaired) electrons. The number of carbonyl (C=O) groups excluding carboxylic acids is 2. The molecule has 0 spiro atoms. The summed E-state index contributed by atoms with van der Waals surface area (Å²) in [4.78, 5) is 49.8. The lowest BCUT2D eigenvalue weighted by Gasteiger charge is -2.19. The molecule has 24 heavy (non-hydrogen) atoms. The summed E-state index contributed by atoms with van der Waals surface area (Å²) in [7, 11) is 0. The van der Waals surface area contributed by atoms with Crippen molar-refractivity contribution < 1.29 is 14.7 Å². The number of H-pyrrole nitrogens is 1. The molecule has 1 aromatic heterocycles. The van der Waals surface area contributed by atoms with E-state index >= 15 is 0 Å². The van der Waals surface area contributed by atoms with E-state index in [-0.39, 0.29) is 11.8 Å². The number of para-hydroxylation sites is 1. The van der Waals surface area contributed by atoms with Crippen LogP contribution in [0.3, 0.4) is 0 Å². The van der Waals surface area contributed by atoms with Gasteiger partial charge in [0.2, 0.25) is 5.91 Å². The Morgan fingerprint density at radius 2 is 2.04 bits per heavy atom. The molecule has 1 amide bonds. The molecule has 1 aromatic carbocycles. The lowest BCUT2D eigenvalue weighted by atomic mass is 10.2. The third-order valence-electron chi connectivity index (χ3n) is 3.42. The third kappa shape index (κ3) is 4.05. The summed E-state index contributed by atoms with van der Waals surface area (Å²) in [5.41, 5.74) is -0.974. The summed E-state index contributed by atoms with van der Waals surface area (Å²) in [5, 5.41) is 13.6. The first kappa shape index (κ1) is 17.8. The molecule has 0 aliphatic heterocycles. The van der Waals surface area contributed by atoms with Crippen molar-refractivity contribution in [3.63, 3.8) is 0 Å². The molecule has 0 bridgehead atoms. The summed E-state index contributed by atoms with van der Waals surface area (Å²) in [6.07, 6.45) is 2.00. The topological polar surface area (TPSA) is 124 Å². The molecule has 0 aliphatic carbocycles. The van der Waals surface area contributed by atoms with Crippen molar-refractivity contribution in [3.8, 4) is 0 Å². The highest BCUT2D eigenvalue weighted by molar-refractivity contribution is 7.98. The minimum atomic E-state index is -1.41. The SMILES string of the molecule is CSCC[C@@H](NC(=O)Cn1c(=O)[nH]c2ccccc2c1=O)C(=O)[O-]. The van der Waals surface area contributed by atoms with E-state index in [1.54, 1.807) is 18.2 Å². The number of hydrogen-bond donors (Lipinski definition) is 2. The van der Waals surface area contributed by atoms with E-state index in [4.69, 9.17) is 0 Å². The zero-order valence-corrected chi connectivity index (χ0v) is 13.7. The van der Waals surface area contributed by atoms with Crippen molar-refractivity contribution in [2.45, 2.75) is 19.0 Å². The zero-order valence-electron chi connectivity index (χ0n) is 12.9. The molecule has 2 aromatic rings. The maximum atomic E-state index is 12.3. The second-order valence-electron chi connectivity index (χ2n) is 5.09. The quantitative estimate of drug-likeness (QED) is 0.638. The Morgan fingerprint density at radius 3 is 2.71 bits per heavy atom. The van der Waals surface area contributed by atoms with Gasteiger partial charge in [0.1, 0.15) is 6.54 Å². The van der Waals surface area contributed by atoms with Crippen molar-refractivity contribution in [2.75, 3.05) is 12.0 Å². The van der Waals surface area contributed by atoms with Crippen LogP contribution in [0.2, 0.25) is 0 Å². The predicted molar refractivity (Wildman–Crippen MR) is 88.8 cm³/mol. The van der Waals surface area contributed by atoms with Crippen LogP contribution in [0, 0.1) is 0 Å². The Bertz CT molecular complexity index is 873. The number of thioether (sulfide) groups is 1. The molecule has 128 valence electrons. The van der Waals surface area contributed by atoms with Crippen LogP contribution in [0.5, 0.6) is 0 Å². The van der Waals surface area contributed by atoms with Crippen molar-refractivity contribution in [2.24, 2.45) is 0 Å². The van der Waals surface area contributed by atoms with Crippen LogP contribution in [0.1, 0.15) is 6.42 Å². The Morgan fingerprint density at radius 1 is 1.33 bits per heavy atom. The lowest BCUT2D eigenvalue weighted by Crippen LogP contribution is -2.50. The monoisotopic (exact) mass is 350 g/mol. The van der Waals surface area contributed by atoms with E-state index in [9.17, 15) is 24.3 Å². The second kappa shape index (κ2) is 7.82. The number of nitrogens with zero attached hydrogens (tertiary/aromatic N) is 1. The van der Waals surface area contributed by atoms with E-state index < -0.39 is 35.7 Å². The van der Waals surface area contributed by atoms with Crippen LogP contribution in [-0.2, 0) is 16.1 Å². The molecule has 1 atom stereocenters. The minimum Gasteiger partial charge on any atom is -0.548 e. The van der Waals surface area contributed by atoms with Gasteiger partial charge in [-0.15, -0.1) is 0 Å². The zero-order chi connectivity index (χ0) is 17.7. The lowest BCUT2D eigenvalue weighted by molar-refractivity contribution is -0.308. The smallest absolute Gasteiger partial charge is 0.329 e. The number of fused-ring (bicyclic) bond motifs is 1. The number of benzene rings is 1. The summed E-state index contributed by atoms with van der Waals surface area (Å²) < 4.78 is 0.735. The van der Waals surface area contributed by atoms with E-state index in [0.29, 0.717) is 11.3 Å². The fourth-order valence-electron chi connectivity index (χ4n) is 2.21. The largest absolute Gasteiger partial charge is 0.548 e. The normalized spacial score (nSPS) is 12.0. The first-order chi connectivity index (χ1) is 11.4. The van der Waals surface area contributed by atoms with E-state index in [0.717, 1.165) is 4.57 Å². The first-order valence-corrected chi connectivity index (χ1v) is 8.54. The van der Waals surface area contributed by atoms with Gasteiger partial charge in [-0.25, -0.2) is 4.79 Å². The number of carbonyl (C=O) groups is 2. The number of aliphatic carboxylic acids is 1. The van der Waals surface area contributed by atoms with E-state index in [1.165, 1.54) is 17.8 Å². The summed E-state index contributed by atoms with van der Waals surface area (Å²) >= 11 is 1.43. The molecule has 2 N–H and O–H groups in total. The Balaban J connectivity index is 2.23. The number of hydrogen-bond acceptors (Lipinski definition) is 6. The number of carboxylic acid groups (broad SMARTS) is 1. The first-order valence-electron chi connectivity index (χ1n) is 7.15. The van der Waals surface area contributed by atoms with Gasteiger partial charge in [-0.2, -0.15) is 11.8 Å². The standard InChI is InChI=1S/C15H17N3O5S/c1-24-7-6-11(14(21)22)16-12(19)8-18-13(20)9-4-2-3-5-10(9)17-15(18)23/h2-5,11H,6-8H2,1H3,(H,16,19)(H,17,23)(H,21,22)/p-1/t11-/m1/s1. The van der Waals surface area contributed by atoms with Crippen LogP contribution >= 0.6 is 11.8 Å². The van der Waals surface area contributed by atoms with Gasteiger partial charge in [0, 0.05) is 0 Å². The van der Waals surface area contributed by atoms with Gasteiger partial charge in [0.15, 0.2) is 0 Å². The molecule has 0 fully saturated rings. The summed E-state index contributed by atoms with van der Waals surface area (Å²) in [6, 6.07) is 5.26. The van der Waals surface area contributed by atoms with E-state index in [1.807, 2.05) is 6.26 Å². The summed E-state index contributed by atoms with van der Waals surface area (Å²) in [6.45, 7) is -0.567. The van der Waals surface area contributed by atoms with Crippen LogP contribution in [0.4, 0.5) is 0 Å². The number of amides is 1. The molecular weight excluding hydrogens is 334 g/mol. The highest BCUT2D eigenvalue weighted by Gasteiger charge is 2.16. The van der Waals surface area contributed by atoms with Crippen molar-refractivity contribution >= 4 is 34.5 Å². The van der Waals surface area contributed by atoms with Gasteiger partial charge < -0.3 is 20.2 Å². The maximum absolute atomic E-state index is 12.3. The average Bonchev–Trinajstić information content (AvgIpc) is 2.55. The molecule has 0 saturated heterocycles. The second-order valence-corrected chi connectivity index (χ2v) is 6.07. The average molecular weight is 350 g/mol. The van der Waals surface area contributed by atoms with Crippen molar-refractivity contribution in [3.05, 3.63) is 45.1 Å². The number of aromatic amines is 1. The van der Waals surface area contributed by atoms with Gasteiger partial charge in [-0.3, -0.25) is 14.2 Å². The van der Waals surface area contributed by atoms with Crippen LogP contribution < -0.4 is 21.7 Å². The Labute approximate surface area is 140 Å². The van der Waals surface area contributed by atoms with Crippen LogP contribution in [-0.4, -0.2) is 39.5 Å². The Kier molecular flexibility index (Phi) is 5.80. The van der Waals surface area contributed by atoms with Gasteiger partial charge in [0.25, 0.3) is 5.56 Å². The fraction of sp³-hybridized carbons (Fsp3) is 0.333. The molecule has 0 unspecified atom stereocenters. The number of carboxylic acids is 1. The van der Waals surface area contributed by atoms with Gasteiger partial charge >= 0.3 is 5.69 Å². The molecule has 9 heteroatoms. The molecular formula is C15H16N3O5S-. The highest BCUT2D eigenvalue weighted by Crippen LogP contribution is 2.03. The number of rotatable bonds is 7. The molecule has 1 heterocycles. The Hall–Kier alpha value is -2.55. The van der Waals surface area contributed by atoms with Crippen LogP contribution in [0.15, 0.2) is 33.9 Å². The minimum absolute atomic E-state index is 0.193. The molecule has 0 saturated carbocycles. The van der Waals surface area contributed by atoms with E-state index in [2.05, 4.69) is 10.3 Å².